The van der Waals surface area contributed by atoms with Crippen LogP contribution in [0.1, 0.15) is 19.3 Å². The first-order chi connectivity index (χ1) is 5.54. The van der Waals surface area contributed by atoms with E-state index in [-0.39, 0.29) is 0 Å². The van der Waals surface area contributed by atoms with Gasteiger partial charge >= 0.3 is 7.11 Å². The van der Waals surface area contributed by atoms with Gasteiger partial charge in [-0.2, -0.15) is 0 Å². The minimum Gasteiger partial charge on any atom is -0.423 e. The van der Waals surface area contributed by atoms with Crippen LogP contribution in [0.25, 0.3) is 0 Å². The Morgan fingerprint density at radius 2 is 1.33 bits per heavy atom. The molecular formula is C7H13BF3N. The van der Waals surface area contributed by atoms with Gasteiger partial charge in [0.05, 0.1) is 0 Å². The standard InChI is InChI=1S/C7H13BF3N/c9-8(10,11)12-4-1-7(2-5-12)3-6-12/h7H,1-6H2. The van der Waals surface area contributed by atoms with Gasteiger partial charge in [0.2, 0.25) is 0 Å². The molecule has 0 N–H and O–H groups in total. The van der Waals surface area contributed by atoms with E-state index in [1.54, 1.807) is 0 Å². The summed E-state index contributed by atoms with van der Waals surface area (Å²) in [7, 11) is -4.65. The van der Waals surface area contributed by atoms with E-state index in [0.717, 1.165) is 19.3 Å². The van der Waals surface area contributed by atoms with E-state index in [0.29, 0.717) is 25.6 Å². The molecule has 0 aromatic rings. The Bertz CT molecular complexity index is 170. The Kier molecular flexibility index (Phi) is 1.69. The first-order valence-electron chi connectivity index (χ1n) is 4.59. The van der Waals surface area contributed by atoms with Gasteiger partial charge in [0.1, 0.15) is 0 Å². The van der Waals surface area contributed by atoms with E-state index in [4.69, 9.17) is 0 Å². The number of fused-ring (bicyclic) bond motifs is 3. The third-order valence-electron chi connectivity index (χ3n) is 3.57. The van der Waals surface area contributed by atoms with E-state index in [1.165, 1.54) is 0 Å². The SMILES string of the molecule is F[B-](F)(F)[N+]12CCC(CC1)CC2. The Morgan fingerprint density at radius 3 is 1.58 bits per heavy atom. The lowest BCUT2D eigenvalue weighted by Gasteiger charge is -2.55. The zero-order valence-corrected chi connectivity index (χ0v) is 6.98. The van der Waals surface area contributed by atoms with E-state index in [1.807, 2.05) is 0 Å². The minimum absolute atomic E-state index is 0.355. The van der Waals surface area contributed by atoms with Crippen LogP contribution in [0.3, 0.4) is 0 Å². The predicted molar refractivity (Wildman–Crippen MR) is 41.3 cm³/mol. The summed E-state index contributed by atoms with van der Waals surface area (Å²) in [4.78, 5) is 0. The van der Waals surface area contributed by atoms with Crippen LogP contribution in [0, 0.1) is 5.92 Å². The molecule has 0 atom stereocenters. The first kappa shape index (κ1) is 8.41. The van der Waals surface area contributed by atoms with Crippen molar-refractivity contribution in [3.8, 4) is 0 Å². The molecule has 0 amide bonds. The van der Waals surface area contributed by atoms with Gasteiger partial charge in [-0.05, 0) is 25.2 Å². The molecule has 0 saturated carbocycles. The molecule has 3 heterocycles. The van der Waals surface area contributed by atoms with E-state index in [9.17, 15) is 12.9 Å². The highest BCUT2D eigenvalue weighted by Gasteiger charge is 2.55. The maximum atomic E-state index is 12.7. The van der Waals surface area contributed by atoms with Crippen molar-refractivity contribution in [3.63, 3.8) is 0 Å². The molecule has 3 aliphatic heterocycles. The van der Waals surface area contributed by atoms with Crippen molar-refractivity contribution in [1.82, 2.24) is 0 Å². The zero-order valence-electron chi connectivity index (χ0n) is 6.98. The highest BCUT2D eigenvalue weighted by Crippen LogP contribution is 2.39. The number of nitrogens with zero attached hydrogens (tertiary/aromatic N) is 1. The van der Waals surface area contributed by atoms with Crippen LogP contribution in [0.2, 0.25) is 0 Å². The van der Waals surface area contributed by atoms with Crippen molar-refractivity contribution in [2.45, 2.75) is 19.3 Å². The van der Waals surface area contributed by atoms with Gasteiger partial charge in [-0.25, -0.2) is 0 Å². The average molecular weight is 179 g/mol. The topological polar surface area (TPSA) is 0 Å². The van der Waals surface area contributed by atoms with Gasteiger partial charge in [0.15, 0.2) is 0 Å². The molecule has 0 aromatic carbocycles. The van der Waals surface area contributed by atoms with Gasteiger partial charge in [0.25, 0.3) is 0 Å². The molecule has 0 aromatic heterocycles. The van der Waals surface area contributed by atoms with E-state index >= 15 is 0 Å². The third-order valence-corrected chi connectivity index (χ3v) is 3.57. The highest BCUT2D eigenvalue weighted by molar-refractivity contribution is 6.50. The van der Waals surface area contributed by atoms with E-state index < -0.39 is 11.5 Å². The van der Waals surface area contributed by atoms with Crippen molar-refractivity contribution in [2.24, 2.45) is 5.92 Å². The Morgan fingerprint density at radius 1 is 0.917 bits per heavy atom. The van der Waals surface area contributed by atoms with Crippen molar-refractivity contribution in [1.29, 1.82) is 0 Å². The second-order valence-corrected chi connectivity index (χ2v) is 4.16. The van der Waals surface area contributed by atoms with Crippen molar-refractivity contribution in [3.05, 3.63) is 0 Å². The molecule has 5 heteroatoms. The summed E-state index contributed by atoms with van der Waals surface area (Å²) in [5, 5.41) is 0. The highest BCUT2D eigenvalue weighted by atomic mass is 19.4. The van der Waals surface area contributed by atoms with Gasteiger partial charge < -0.3 is 17.3 Å². The molecule has 70 valence electrons. The van der Waals surface area contributed by atoms with Crippen LogP contribution < -0.4 is 0 Å². The Balaban J connectivity index is 2.19. The summed E-state index contributed by atoms with van der Waals surface area (Å²) in [6.45, 7) is 1.07. The summed E-state index contributed by atoms with van der Waals surface area (Å²) in [5.74, 6) is 0.600. The van der Waals surface area contributed by atoms with Gasteiger partial charge in [0, 0.05) is 19.6 Å². The van der Waals surface area contributed by atoms with Crippen LogP contribution >= 0.6 is 0 Å². The maximum absolute atomic E-state index is 12.7. The van der Waals surface area contributed by atoms with Crippen LogP contribution in [0.15, 0.2) is 0 Å². The molecule has 0 spiro atoms. The number of piperidine rings is 3. The van der Waals surface area contributed by atoms with Gasteiger partial charge in [-0.1, -0.05) is 0 Å². The molecular weight excluding hydrogens is 166 g/mol. The van der Waals surface area contributed by atoms with Crippen LogP contribution in [-0.4, -0.2) is 31.1 Å². The number of halogens is 3. The summed E-state index contributed by atoms with van der Waals surface area (Å²) < 4.78 is 37.4. The zero-order chi connectivity index (χ0) is 8.82. The van der Waals surface area contributed by atoms with Crippen molar-refractivity contribution >= 4 is 7.11 Å². The monoisotopic (exact) mass is 179 g/mol. The summed E-state index contributed by atoms with van der Waals surface area (Å²) in [6.07, 6.45) is 2.38. The van der Waals surface area contributed by atoms with Gasteiger partial charge in [-0.15, -0.1) is 0 Å². The maximum Gasteiger partial charge on any atom is 0.733 e. The van der Waals surface area contributed by atoms with Gasteiger partial charge in [-0.3, -0.25) is 0 Å². The molecule has 1 nitrogen and oxygen atoms in total. The fourth-order valence-corrected chi connectivity index (χ4v) is 2.53. The Labute approximate surface area is 70.2 Å². The molecule has 0 unspecified atom stereocenters. The lowest BCUT2D eigenvalue weighted by molar-refractivity contribution is -0.867. The normalized spacial score (nSPS) is 41.8. The minimum atomic E-state index is -4.65. The molecule has 12 heavy (non-hydrogen) atoms. The van der Waals surface area contributed by atoms with Crippen molar-refractivity contribution in [2.75, 3.05) is 19.6 Å². The molecule has 3 saturated heterocycles. The summed E-state index contributed by atoms with van der Waals surface area (Å²) in [6, 6.07) is 0. The van der Waals surface area contributed by atoms with Crippen LogP contribution in [0.5, 0.6) is 0 Å². The quantitative estimate of drug-likeness (QED) is 0.539. The summed E-state index contributed by atoms with van der Waals surface area (Å²) in [5.41, 5.74) is 0. The number of quaternary nitrogens is 1. The lowest BCUT2D eigenvalue weighted by Crippen LogP contribution is -2.68. The Hall–Kier alpha value is -0.185. The largest absolute Gasteiger partial charge is 0.733 e. The average Bonchev–Trinajstić information content (AvgIpc) is 2.06. The lowest BCUT2D eigenvalue weighted by atomic mass is 9.79. The predicted octanol–water partition coefficient (Wildman–Crippen LogP) is 1.96. The molecule has 3 fully saturated rings. The van der Waals surface area contributed by atoms with Crippen LogP contribution in [-0.2, 0) is 0 Å². The fraction of sp³-hybridized carbons (Fsp3) is 1.00. The number of hydrogen-bond donors (Lipinski definition) is 0. The third kappa shape index (κ3) is 1.06. The van der Waals surface area contributed by atoms with Crippen LogP contribution in [0.4, 0.5) is 12.9 Å². The smallest absolute Gasteiger partial charge is 0.423 e. The summed E-state index contributed by atoms with van der Waals surface area (Å²) >= 11 is 0. The molecule has 2 bridgehead atoms. The van der Waals surface area contributed by atoms with E-state index in [2.05, 4.69) is 0 Å². The second-order valence-electron chi connectivity index (χ2n) is 4.16. The molecule has 0 radical (unpaired) electrons. The first-order valence-corrected chi connectivity index (χ1v) is 4.59. The number of hydrogen-bond acceptors (Lipinski definition) is 0. The fourth-order valence-electron chi connectivity index (χ4n) is 2.53. The molecule has 3 rings (SSSR count). The second kappa shape index (κ2) is 2.40. The number of rotatable bonds is 1. The van der Waals surface area contributed by atoms with Crippen molar-refractivity contribution < 1.29 is 17.3 Å². The molecule has 0 aliphatic carbocycles. The molecule has 3 aliphatic rings.